The molecule has 1 aliphatic rings. The first-order valence-corrected chi connectivity index (χ1v) is 8.89. The van der Waals surface area contributed by atoms with Gasteiger partial charge in [-0.1, -0.05) is 19.9 Å². The summed E-state index contributed by atoms with van der Waals surface area (Å²) in [6.07, 6.45) is 4.51. The van der Waals surface area contributed by atoms with Gasteiger partial charge in [-0.15, -0.1) is 11.3 Å². The van der Waals surface area contributed by atoms with E-state index in [9.17, 15) is 4.79 Å². The number of nitrogens with one attached hydrogen (secondary N) is 1. The van der Waals surface area contributed by atoms with Crippen molar-refractivity contribution in [1.29, 1.82) is 0 Å². The Morgan fingerprint density at radius 2 is 2.39 bits per heavy atom. The summed E-state index contributed by atoms with van der Waals surface area (Å²) in [5, 5.41) is 6.29. The van der Waals surface area contributed by atoms with E-state index in [0.29, 0.717) is 18.2 Å². The van der Waals surface area contributed by atoms with Crippen LogP contribution in [0.1, 0.15) is 40.9 Å². The molecule has 1 N–H and O–H groups in total. The molecule has 23 heavy (non-hydrogen) atoms. The van der Waals surface area contributed by atoms with Gasteiger partial charge in [0.1, 0.15) is 5.69 Å². The van der Waals surface area contributed by atoms with Crippen LogP contribution in [0.5, 0.6) is 0 Å². The van der Waals surface area contributed by atoms with Gasteiger partial charge in [0.25, 0.3) is 5.91 Å². The highest BCUT2D eigenvalue weighted by molar-refractivity contribution is 7.09. The first-order chi connectivity index (χ1) is 11.1. The Balaban J connectivity index is 1.80. The number of rotatable bonds is 4. The van der Waals surface area contributed by atoms with Crippen LogP contribution in [0.25, 0.3) is 0 Å². The SMILES string of the molecule is CC(C)Cc1nc(C(=O)N2CCNCC2c2cccnc2)cs1. The highest BCUT2D eigenvalue weighted by Crippen LogP contribution is 2.24. The van der Waals surface area contributed by atoms with E-state index in [1.807, 2.05) is 28.6 Å². The Kier molecular flexibility index (Phi) is 5.03. The summed E-state index contributed by atoms with van der Waals surface area (Å²) in [6, 6.07) is 3.95. The molecule has 2 aromatic rings. The van der Waals surface area contributed by atoms with Crippen LogP contribution in [0.4, 0.5) is 0 Å². The molecule has 0 spiro atoms. The summed E-state index contributed by atoms with van der Waals surface area (Å²) in [5.41, 5.74) is 1.63. The fourth-order valence-corrected chi connectivity index (χ4v) is 3.80. The summed E-state index contributed by atoms with van der Waals surface area (Å²) in [6.45, 7) is 6.58. The smallest absolute Gasteiger partial charge is 0.273 e. The number of carbonyl (C=O) groups excluding carboxylic acids is 1. The second kappa shape index (κ2) is 7.19. The monoisotopic (exact) mass is 330 g/mol. The molecule has 3 heterocycles. The fourth-order valence-electron chi connectivity index (χ4n) is 2.82. The number of nitrogens with zero attached hydrogens (tertiary/aromatic N) is 3. The van der Waals surface area contributed by atoms with Crippen molar-refractivity contribution in [2.24, 2.45) is 5.92 Å². The molecule has 0 radical (unpaired) electrons. The normalized spacial score (nSPS) is 18.4. The van der Waals surface area contributed by atoms with Crippen molar-refractivity contribution >= 4 is 17.2 Å². The summed E-state index contributed by atoms with van der Waals surface area (Å²) in [5.74, 6) is 0.568. The molecule has 2 aromatic heterocycles. The Bertz CT molecular complexity index is 656. The quantitative estimate of drug-likeness (QED) is 0.936. The zero-order chi connectivity index (χ0) is 16.2. The average Bonchev–Trinajstić information content (AvgIpc) is 3.03. The predicted octanol–water partition coefficient (Wildman–Crippen LogP) is 2.52. The van der Waals surface area contributed by atoms with Crippen molar-refractivity contribution in [3.05, 3.63) is 46.2 Å². The summed E-state index contributed by atoms with van der Waals surface area (Å²) in [7, 11) is 0. The number of amides is 1. The molecule has 0 bridgehead atoms. The molecule has 0 aromatic carbocycles. The maximum absolute atomic E-state index is 12.9. The average molecular weight is 330 g/mol. The zero-order valence-corrected chi connectivity index (χ0v) is 14.3. The third-order valence-corrected chi connectivity index (χ3v) is 4.80. The summed E-state index contributed by atoms with van der Waals surface area (Å²) in [4.78, 5) is 23.6. The second-order valence-corrected chi connectivity index (χ2v) is 7.17. The van der Waals surface area contributed by atoms with E-state index in [1.165, 1.54) is 0 Å². The van der Waals surface area contributed by atoms with Crippen LogP contribution < -0.4 is 5.32 Å². The Morgan fingerprint density at radius 3 is 3.13 bits per heavy atom. The Hall–Kier alpha value is -1.79. The van der Waals surface area contributed by atoms with E-state index >= 15 is 0 Å². The van der Waals surface area contributed by atoms with Crippen LogP contribution in [-0.2, 0) is 6.42 Å². The summed E-state index contributed by atoms with van der Waals surface area (Å²) < 4.78 is 0. The van der Waals surface area contributed by atoms with E-state index < -0.39 is 0 Å². The lowest BCUT2D eigenvalue weighted by molar-refractivity contribution is 0.0628. The van der Waals surface area contributed by atoms with Gasteiger partial charge in [0, 0.05) is 43.8 Å². The molecule has 1 atom stereocenters. The predicted molar refractivity (Wildman–Crippen MR) is 91.5 cm³/mol. The highest BCUT2D eigenvalue weighted by atomic mass is 32.1. The first-order valence-electron chi connectivity index (χ1n) is 8.01. The number of aromatic nitrogens is 2. The van der Waals surface area contributed by atoms with Gasteiger partial charge in [-0.3, -0.25) is 9.78 Å². The molecule has 0 aliphatic carbocycles. The molecule has 5 nitrogen and oxygen atoms in total. The lowest BCUT2D eigenvalue weighted by Crippen LogP contribution is -2.48. The number of hydrogen-bond acceptors (Lipinski definition) is 5. The number of pyridine rings is 1. The van der Waals surface area contributed by atoms with Gasteiger partial charge in [-0.2, -0.15) is 0 Å². The van der Waals surface area contributed by atoms with Crippen molar-refractivity contribution in [2.45, 2.75) is 26.3 Å². The minimum Gasteiger partial charge on any atom is -0.328 e. The van der Waals surface area contributed by atoms with Crippen molar-refractivity contribution in [2.75, 3.05) is 19.6 Å². The van der Waals surface area contributed by atoms with E-state index in [-0.39, 0.29) is 11.9 Å². The van der Waals surface area contributed by atoms with Crippen LogP contribution in [-0.4, -0.2) is 40.4 Å². The van der Waals surface area contributed by atoms with Crippen LogP contribution in [0.2, 0.25) is 0 Å². The van der Waals surface area contributed by atoms with E-state index in [4.69, 9.17) is 0 Å². The molecule has 6 heteroatoms. The van der Waals surface area contributed by atoms with Gasteiger partial charge in [0.05, 0.1) is 11.0 Å². The minimum atomic E-state index is 0.0141. The van der Waals surface area contributed by atoms with Gasteiger partial charge < -0.3 is 10.2 Å². The van der Waals surface area contributed by atoms with Gasteiger partial charge in [0.15, 0.2) is 0 Å². The number of piperazine rings is 1. The Morgan fingerprint density at radius 1 is 1.52 bits per heavy atom. The van der Waals surface area contributed by atoms with Crippen molar-refractivity contribution in [3.63, 3.8) is 0 Å². The van der Waals surface area contributed by atoms with Gasteiger partial charge in [-0.05, 0) is 17.5 Å². The highest BCUT2D eigenvalue weighted by Gasteiger charge is 2.29. The number of hydrogen-bond donors (Lipinski definition) is 1. The van der Waals surface area contributed by atoms with Crippen LogP contribution in [0.15, 0.2) is 29.9 Å². The molecular formula is C17H22N4OS. The number of thiazole rings is 1. The molecule has 1 fully saturated rings. The van der Waals surface area contributed by atoms with Gasteiger partial charge >= 0.3 is 0 Å². The molecule has 3 rings (SSSR count). The van der Waals surface area contributed by atoms with Crippen LogP contribution >= 0.6 is 11.3 Å². The molecule has 1 saturated heterocycles. The Labute approximate surface area is 140 Å². The summed E-state index contributed by atoms with van der Waals surface area (Å²) >= 11 is 1.58. The van der Waals surface area contributed by atoms with E-state index in [2.05, 4.69) is 29.1 Å². The number of carbonyl (C=O) groups is 1. The molecule has 1 unspecified atom stereocenters. The molecule has 1 amide bonds. The lowest BCUT2D eigenvalue weighted by atomic mass is 10.0. The standard InChI is InChI=1S/C17H22N4OS/c1-12(2)8-16-20-14(11-23-16)17(22)21-7-6-19-10-15(21)13-4-3-5-18-9-13/h3-5,9,11-12,15,19H,6-8,10H2,1-2H3. The van der Waals surface area contributed by atoms with Crippen molar-refractivity contribution < 1.29 is 4.79 Å². The maximum Gasteiger partial charge on any atom is 0.273 e. The third-order valence-electron chi connectivity index (χ3n) is 3.93. The molecular weight excluding hydrogens is 308 g/mol. The largest absolute Gasteiger partial charge is 0.328 e. The van der Waals surface area contributed by atoms with Crippen molar-refractivity contribution in [3.8, 4) is 0 Å². The molecule has 1 aliphatic heterocycles. The van der Waals surface area contributed by atoms with Gasteiger partial charge in [0.2, 0.25) is 0 Å². The van der Waals surface area contributed by atoms with Crippen molar-refractivity contribution in [1.82, 2.24) is 20.2 Å². The van der Waals surface area contributed by atoms with Crippen LogP contribution in [0, 0.1) is 5.92 Å². The van der Waals surface area contributed by atoms with E-state index in [0.717, 1.165) is 30.1 Å². The van der Waals surface area contributed by atoms with Crippen LogP contribution in [0.3, 0.4) is 0 Å². The zero-order valence-electron chi connectivity index (χ0n) is 13.5. The lowest BCUT2D eigenvalue weighted by Gasteiger charge is -2.36. The van der Waals surface area contributed by atoms with Gasteiger partial charge in [-0.25, -0.2) is 4.98 Å². The topological polar surface area (TPSA) is 58.1 Å². The third kappa shape index (κ3) is 3.76. The molecule has 0 saturated carbocycles. The first kappa shape index (κ1) is 16.1. The van der Waals surface area contributed by atoms with E-state index in [1.54, 1.807) is 17.5 Å². The second-order valence-electron chi connectivity index (χ2n) is 6.23. The minimum absolute atomic E-state index is 0.0141. The maximum atomic E-state index is 12.9. The molecule has 122 valence electrons. The fraction of sp³-hybridized carbons (Fsp3) is 0.471.